The molecule has 2 N–H and O–H groups in total. The Morgan fingerprint density at radius 3 is 2.62 bits per heavy atom. The molecule has 0 spiro atoms. The molecule has 1 aliphatic carbocycles. The lowest BCUT2D eigenvalue weighted by molar-refractivity contribution is 0.191. The fourth-order valence-corrected chi connectivity index (χ4v) is 5.28. The van der Waals surface area contributed by atoms with Gasteiger partial charge < -0.3 is 15.5 Å². The van der Waals surface area contributed by atoms with Crippen LogP contribution in [0.2, 0.25) is 0 Å². The molecule has 0 amide bonds. The molecule has 2 rings (SSSR count). The standard InChI is InChI=1S/C19H38N4OS.HI/c1-4-25(24)18-8-5-7-17(15-18)22-19(20-3)21-11-6-12-23-13-9-16(2)10-14-23;/h16-18H,4-15H2,1-3H3,(H2,20,21,22);1H. The number of halogens is 1. The van der Waals surface area contributed by atoms with Crippen molar-refractivity contribution in [2.45, 2.75) is 70.1 Å². The van der Waals surface area contributed by atoms with E-state index in [-0.39, 0.29) is 24.0 Å². The lowest BCUT2D eigenvalue weighted by atomic mass is 9.95. The number of guanidine groups is 1. The Kier molecular flexibility index (Phi) is 12.4. The van der Waals surface area contributed by atoms with Crippen molar-refractivity contribution in [3.63, 3.8) is 0 Å². The van der Waals surface area contributed by atoms with Crippen molar-refractivity contribution in [2.75, 3.05) is 39.0 Å². The van der Waals surface area contributed by atoms with Crippen LogP contribution in [0.25, 0.3) is 0 Å². The second-order valence-corrected chi connectivity index (χ2v) is 9.68. The van der Waals surface area contributed by atoms with Gasteiger partial charge in [-0.05, 0) is 64.1 Å². The van der Waals surface area contributed by atoms with Gasteiger partial charge in [-0.2, -0.15) is 0 Å². The van der Waals surface area contributed by atoms with Crippen LogP contribution in [0.15, 0.2) is 4.99 Å². The van der Waals surface area contributed by atoms with Gasteiger partial charge in [-0.25, -0.2) is 0 Å². The van der Waals surface area contributed by atoms with Crippen molar-refractivity contribution in [3.8, 4) is 0 Å². The third-order valence-corrected chi connectivity index (χ3v) is 7.41. The second kappa shape index (κ2) is 13.3. The van der Waals surface area contributed by atoms with Crippen molar-refractivity contribution >= 4 is 40.7 Å². The number of hydrogen-bond acceptors (Lipinski definition) is 3. The summed E-state index contributed by atoms with van der Waals surface area (Å²) in [5.41, 5.74) is 0. The zero-order chi connectivity index (χ0) is 18.1. The largest absolute Gasteiger partial charge is 0.356 e. The number of likely N-dealkylation sites (tertiary alicyclic amines) is 1. The van der Waals surface area contributed by atoms with Crippen LogP contribution in [0.5, 0.6) is 0 Å². The predicted molar refractivity (Wildman–Crippen MR) is 124 cm³/mol. The highest BCUT2D eigenvalue weighted by Crippen LogP contribution is 2.23. The summed E-state index contributed by atoms with van der Waals surface area (Å²) >= 11 is 0. The van der Waals surface area contributed by atoms with Crippen LogP contribution in [0, 0.1) is 5.92 Å². The topological polar surface area (TPSA) is 56.7 Å². The van der Waals surface area contributed by atoms with Crippen LogP contribution in [-0.2, 0) is 10.8 Å². The van der Waals surface area contributed by atoms with E-state index in [1.165, 1.54) is 38.9 Å². The van der Waals surface area contributed by atoms with Gasteiger partial charge in [0, 0.05) is 41.4 Å². The summed E-state index contributed by atoms with van der Waals surface area (Å²) in [6.07, 6.45) is 8.29. The smallest absolute Gasteiger partial charge is 0.191 e. The van der Waals surface area contributed by atoms with E-state index in [2.05, 4.69) is 27.4 Å². The number of nitrogens with one attached hydrogen (secondary N) is 2. The first kappa shape index (κ1) is 24.1. The zero-order valence-corrected chi connectivity index (χ0v) is 20.0. The molecule has 3 atom stereocenters. The van der Waals surface area contributed by atoms with Crippen LogP contribution in [0.4, 0.5) is 0 Å². The summed E-state index contributed by atoms with van der Waals surface area (Å²) < 4.78 is 12.1. The summed E-state index contributed by atoms with van der Waals surface area (Å²) in [7, 11) is 1.17. The number of hydrogen-bond donors (Lipinski definition) is 2. The minimum absolute atomic E-state index is 0. The Morgan fingerprint density at radius 2 is 1.96 bits per heavy atom. The van der Waals surface area contributed by atoms with Crippen LogP contribution < -0.4 is 10.6 Å². The van der Waals surface area contributed by atoms with E-state index < -0.39 is 10.8 Å². The molecule has 0 aromatic rings. The number of piperidine rings is 1. The molecule has 0 radical (unpaired) electrons. The molecule has 2 aliphatic rings. The molecule has 5 nitrogen and oxygen atoms in total. The Bertz CT molecular complexity index is 441. The minimum atomic E-state index is -0.669. The minimum Gasteiger partial charge on any atom is -0.356 e. The monoisotopic (exact) mass is 498 g/mol. The molecule has 154 valence electrons. The SMILES string of the molecule is CCS(=O)C1CCCC(NC(=NC)NCCCN2CCC(C)CC2)C1.I. The van der Waals surface area contributed by atoms with Crippen LogP contribution in [0.3, 0.4) is 0 Å². The normalized spacial score (nSPS) is 26.8. The first-order valence-electron chi connectivity index (χ1n) is 10.2. The summed E-state index contributed by atoms with van der Waals surface area (Å²) in [5.74, 6) is 2.58. The van der Waals surface area contributed by atoms with Gasteiger partial charge in [0.05, 0.1) is 0 Å². The maximum absolute atomic E-state index is 12.1. The van der Waals surface area contributed by atoms with Gasteiger partial charge in [0.2, 0.25) is 0 Å². The van der Waals surface area contributed by atoms with E-state index in [0.717, 1.165) is 49.9 Å². The lowest BCUT2D eigenvalue weighted by Gasteiger charge is -2.31. The molecule has 0 bridgehead atoms. The summed E-state index contributed by atoms with van der Waals surface area (Å²) in [6, 6.07) is 0.407. The highest BCUT2D eigenvalue weighted by Gasteiger charge is 2.26. The maximum atomic E-state index is 12.1. The molecule has 1 saturated carbocycles. The van der Waals surface area contributed by atoms with Crippen molar-refractivity contribution < 1.29 is 4.21 Å². The molecule has 2 fully saturated rings. The second-order valence-electron chi connectivity index (χ2n) is 7.68. The van der Waals surface area contributed by atoms with E-state index in [0.29, 0.717) is 11.3 Å². The van der Waals surface area contributed by atoms with Crippen LogP contribution >= 0.6 is 24.0 Å². The fourth-order valence-electron chi connectivity index (χ4n) is 3.93. The van der Waals surface area contributed by atoms with E-state index in [1.807, 2.05) is 14.0 Å². The quantitative estimate of drug-likeness (QED) is 0.245. The number of nitrogens with zero attached hydrogens (tertiary/aromatic N) is 2. The summed E-state index contributed by atoms with van der Waals surface area (Å²) in [6.45, 7) is 9.04. The first-order chi connectivity index (χ1) is 12.1. The molecular formula is C19H39IN4OS. The number of rotatable bonds is 7. The molecular weight excluding hydrogens is 459 g/mol. The molecule has 0 aromatic heterocycles. The van der Waals surface area contributed by atoms with Gasteiger partial charge >= 0.3 is 0 Å². The Labute approximate surface area is 180 Å². The molecule has 1 aliphatic heterocycles. The van der Waals surface area contributed by atoms with Gasteiger partial charge in [0.15, 0.2) is 5.96 Å². The van der Waals surface area contributed by atoms with E-state index in [4.69, 9.17) is 0 Å². The van der Waals surface area contributed by atoms with Crippen LogP contribution in [0.1, 0.15) is 58.8 Å². The fraction of sp³-hybridized carbons (Fsp3) is 0.947. The van der Waals surface area contributed by atoms with E-state index >= 15 is 0 Å². The van der Waals surface area contributed by atoms with E-state index in [1.54, 1.807) is 0 Å². The van der Waals surface area contributed by atoms with Crippen molar-refractivity contribution in [1.29, 1.82) is 0 Å². The average molecular weight is 499 g/mol. The third-order valence-electron chi connectivity index (χ3n) is 5.67. The lowest BCUT2D eigenvalue weighted by Crippen LogP contribution is -2.47. The molecule has 3 unspecified atom stereocenters. The van der Waals surface area contributed by atoms with Gasteiger partial charge in [-0.15, -0.1) is 24.0 Å². The average Bonchev–Trinajstić information content (AvgIpc) is 2.65. The van der Waals surface area contributed by atoms with Crippen LogP contribution in [-0.4, -0.2) is 65.3 Å². The first-order valence-corrected chi connectivity index (χ1v) is 11.6. The molecule has 1 heterocycles. The van der Waals surface area contributed by atoms with Crippen molar-refractivity contribution in [2.24, 2.45) is 10.9 Å². The number of aliphatic imine (C=N–C) groups is 1. The van der Waals surface area contributed by atoms with E-state index in [9.17, 15) is 4.21 Å². The molecule has 26 heavy (non-hydrogen) atoms. The summed E-state index contributed by atoms with van der Waals surface area (Å²) in [5, 5.41) is 7.37. The molecule has 0 aromatic carbocycles. The molecule has 7 heteroatoms. The van der Waals surface area contributed by atoms with Crippen molar-refractivity contribution in [3.05, 3.63) is 0 Å². The Balaban J connectivity index is 0.00000338. The highest BCUT2D eigenvalue weighted by molar-refractivity contribution is 14.0. The Morgan fingerprint density at radius 1 is 1.23 bits per heavy atom. The van der Waals surface area contributed by atoms with Gasteiger partial charge in [0.1, 0.15) is 0 Å². The highest BCUT2D eigenvalue weighted by atomic mass is 127. The zero-order valence-electron chi connectivity index (χ0n) is 16.8. The van der Waals surface area contributed by atoms with Gasteiger partial charge in [-0.1, -0.05) is 20.3 Å². The maximum Gasteiger partial charge on any atom is 0.191 e. The van der Waals surface area contributed by atoms with Crippen molar-refractivity contribution in [1.82, 2.24) is 15.5 Å². The van der Waals surface area contributed by atoms with Gasteiger partial charge in [0.25, 0.3) is 0 Å². The van der Waals surface area contributed by atoms with Gasteiger partial charge in [-0.3, -0.25) is 9.20 Å². The third kappa shape index (κ3) is 8.42. The molecule has 1 saturated heterocycles. The Hall–Kier alpha value is 0.110. The summed E-state index contributed by atoms with van der Waals surface area (Å²) in [4.78, 5) is 6.96. The predicted octanol–water partition coefficient (Wildman–Crippen LogP) is 2.97.